The zero-order chi connectivity index (χ0) is 23.1. The fourth-order valence-corrected chi connectivity index (χ4v) is 5.78. The third kappa shape index (κ3) is 4.18. The van der Waals surface area contributed by atoms with Gasteiger partial charge in [-0.05, 0) is 76.5 Å². The first-order valence-corrected chi connectivity index (χ1v) is 12.3. The normalized spacial score (nSPS) is 12.2. The molecule has 4 aromatic rings. The molecule has 0 saturated heterocycles. The molecule has 0 bridgehead atoms. The first-order chi connectivity index (χ1) is 15.1. The Balaban J connectivity index is 1.90. The number of hydrogen-bond acceptors (Lipinski definition) is 6. The van der Waals surface area contributed by atoms with E-state index in [4.69, 9.17) is 0 Å². The third-order valence-electron chi connectivity index (χ3n) is 5.07. The quantitative estimate of drug-likeness (QED) is 0.377. The zero-order valence-corrected chi connectivity index (χ0v) is 18.1. The van der Waals surface area contributed by atoms with Gasteiger partial charge in [0, 0.05) is 6.42 Å². The molecule has 0 radical (unpaired) electrons. The lowest BCUT2D eigenvalue weighted by atomic mass is 10.0. The van der Waals surface area contributed by atoms with Gasteiger partial charge in [-0.3, -0.25) is 4.55 Å². The number of benzene rings is 4. The van der Waals surface area contributed by atoms with E-state index in [2.05, 4.69) is 0 Å². The van der Waals surface area contributed by atoms with Crippen molar-refractivity contribution in [2.24, 2.45) is 0 Å². The minimum absolute atomic E-state index is 0.0734. The van der Waals surface area contributed by atoms with Crippen molar-refractivity contribution in [2.75, 3.05) is 0 Å². The van der Waals surface area contributed by atoms with Crippen molar-refractivity contribution >= 4 is 30.7 Å². The molecule has 7 nitrogen and oxygen atoms in total. The lowest BCUT2D eigenvalue weighted by Gasteiger charge is -2.14. The molecule has 0 spiro atoms. The molecule has 9 heteroatoms. The first-order valence-electron chi connectivity index (χ1n) is 9.41. The van der Waals surface area contributed by atoms with Gasteiger partial charge in [-0.25, -0.2) is 8.42 Å². The van der Waals surface area contributed by atoms with Gasteiger partial charge in [0.25, 0.3) is 10.1 Å². The summed E-state index contributed by atoms with van der Waals surface area (Å²) in [7, 11) is -8.65. The molecule has 0 aromatic heterocycles. The summed E-state index contributed by atoms with van der Waals surface area (Å²) in [6.07, 6.45) is -0.180. The van der Waals surface area contributed by atoms with Crippen molar-refractivity contribution in [3.05, 3.63) is 90.0 Å². The predicted octanol–water partition coefficient (Wildman–Crippen LogP) is 3.92. The van der Waals surface area contributed by atoms with Crippen LogP contribution in [0.3, 0.4) is 0 Å². The van der Waals surface area contributed by atoms with E-state index in [9.17, 15) is 31.6 Å². The minimum Gasteiger partial charge on any atom is -0.508 e. The van der Waals surface area contributed by atoms with Crippen molar-refractivity contribution in [1.82, 2.24) is 0 Å². The van der Waals surface area contributed by atoms with Crippen LogP contribution in [-0.4, -0.2) is 31.6 Å². The molecule has 3 N–H and O–H groups in total. The summed E-state index contributed by atoms with van der Waals surface area (Å²) in [5, 5.41) is 20.8. The fraction of sp³-hybridized carbons (Fsp3) is 0.0435. The summed E-state index contributed by atoms with van der Waals surface area (Å²) < 4.78 is 60.3. The van der Waals surface area contributed by atoms with Gasteiger partial charge in [-0.2, -0.15) is 8.42 Å². The molecule has 0 saturated carbocycles. The lowest BCUT2D eigenvalue weighted by Crippen LogP contribution is -2.08. The molecule has 0 aliphatic carbocycles. The Morgan fingerprint density at radius 3 is 1.81 bits per heavy atom. The second-order valence-electron chi connectivity index (χ2n) is 7.25. The number of sulfone groups is 1. The molecule has 0 heterocycles. The van der Waals surface area contributed by atoms with Gasteiger partial charge in [0.05, 0.1) is 14.7 Å². The van der Waals surface area contributed by atoms with Gasteiger partial charge in [-0.15, -0.1) is 0 Å². The average Bonchev–Trinajstić information content (AvgIpc) is 2.73. The summed E-state index contributed by atoms with van der Waals surface area (Å²) in [6.45, 7) is 0. The number of phenolic OH excluding ortho intramolecular Hbond substituents is 2. The van der Waals surface area contributed by atoms with Crippen LogP contribution in [0.2, 0.25) is 0 Å². The molecule has 0 unspecified atom stereocenters. The standard InChI is InChI=1S/C23H18O7S2/c24-19-5-8-21(9-6-19)31(26,27)22-10-7-20(25)13-18(22)12-17-11-15-3-1-2-4-16(15)14-23(17)32(28,29)30/h1-11,13-14,24-25H,12H2,(H,28,29,30). The van der Waals surface area contributed by atoms with E-state index in [1.54, 1.807) is 30.3 Å². The first kappa shape index (κ1) is 21.8. The maximum absolute atomic E-state index is 13.2. The molecule has 4 aromatic carbocycles. The number of hydrogen-bond donors (Lipinski definition) is 3. The second-order valence-corrected chi connectivity index (χ2v) is 10.6. The number of aromatic hydroxyl groups is 2. The summed E-state index contributed by atoms with van der Waals surface area (Å²) in [5.74, 6) is -0.289. The molecule has 0 atom stereocenters. The molecular weight excluding hydrogens is 452 g/mol. The lowest BCUT2D eigenvalue weighted by molar-refractivity contribution is 0.474. The van der Waals surface area contributed by atoms with Crippen LogP contribution in [0.5, 0.6) is 11.5 Å². The largest absolute Gasteiger partial charge is 0.508 e. The van der Waals surface area contributed by atoms with Crippen molar-refractivity contribution in [1.29, 1.82) is 0 Å². The van der Waals surface area contributed by atoms with Crippen LogP contribution in [0, 0.1) is 0 Å². The maximum atomic E-state index is 13.2. The predicted molar refractivity (Wildman–Crippen MR) is 118 cm³/mol. The average molecular weight is 471 g/mol. The Kier molecular flexibility index (Phi) is 5.41. The van der Waals surface area contributed by atoms with E-state index in [0.717, 1.165) is 0 Å². The van der Waals surface area contributed by atoms with Crippen LogP contribution >= 0.6 is 0 Å². The minimum atomic E-state index is -4.60. The van der Waals surface area contributed by atoms with Gasteiger partial charge < -0.3 is 10.2 Å². The number of fused-ring (bicyclic) bond motifs is 1. The Bertz CT molecular complexity index is 1540. The molecule has 0 aliphatic heterocycles. The van der Waals surface area contributed by atoms with E-state index in [1.165, 1.54) is 48.5 Å². The van der Waals surface area contributed by atoms with Crippen molar-refractivity contribution in [3.8, 4) is 11.5 Å². The van der Waals surface area contributed by atoms with Crippen LogP contribution in [0.25, 0.3) is 10.8 Å². The molecule has 0 aliphatic rings. The molecule has 4 rings (SSSR count). The van der Waals surface area contributed by atoms with E-state index in [1.807, 2.05) is 0 Å². The molecular formula is C23H18O7S2. The van der Waals surface area contributed by atoms with Gasteiger partial charge in [0.15, 0.2) is 0 Å². The highest BCUT2D eigenvalue weighted by Crippen LogP contribution is 2.32. The summed E-state index contributed by atoms with van der Waals surface area (Å²) in [4.78, 5) is -0.543. The van der Waals surface area contributed by atoms with Gasteiger partial charge in [0.2, 0.25) is 9.84 Å². The van der Waals surface area contributed by atoms with Crippen LogP contribution in [-0.2, 0) is 26.4 Å². The van der Waals surface area contributed by atoms with Crippen LogP contribution in [0.4, 0.5) is 0 Å². The van der Waals surface area contributed by atoms with E-state index in [0.29, 0.717) is 10.8 Å². The Hall–Kier alpha value is -3.40. The van der Waals surface area contributed by atoms with E-state index >= 15 is 0 Å². The number of rotatable bonds is 5. The molecule has 0 fully saturated rings. The highest BCUT2D eigenvalue weighted by molar-refractivity contribution is 7.91. The van der Waals surface area contributed by atoms with E-state index in [-0.39, 0.29) is 43.7 Å². The summed E-state index contributed by atoms with van der Waals surface area (Å²) in [6, 6.07) is 18.6. The topological polar surface area (TPSA) is 129 Å². The SMILES string of the molecule is O=S(=O)(O)c1cc2ccccc2cc1Cc1cc(O)ccc1S(=O)(=O)c1ccc(O)cc1. The molecule has 0 amide bonds. The monoisotopic (exact) mass is 470 g/mol. The molecule has 32 heavy (non-hydrogen) atoms. The van der Waals surface area contributed by atoms with E-state index < -0.39 is 20.0 Å². The van der Waals surface area contributed by atoms with Gasteiger partial charge in [-0.1, -0.05) is 24.3 Å². The van der Waals surface area contributed by atoms with Gasteiger partial charge >= 0.3 is 0 Å². The van der Waals surface area contributed by atoms with Crippen LogP contribution in [0.1, 0.15) is 11.1 Å². The molecule has 164 valence electrons. The number of phenols is 2. The summed E-state index contributed by atoms with van der Waals surface area (Å²) in [5.41, 5.74) is 0.331. The second kappa shape index (κ2) is 7.94. The van der Waals surface area contributed by atoms with Crippen molar-refractivity contribution in [3.63, 3.8) is 0 Å². The van der Waals surface area contributed by atoms with Crippen molar-refractivity contribution in [2.45, 2.75) is 21.1 Å². The highest BCUT2D eigenvalue weighted by atomic mass is 32.2. The smallest absolute Gasteiger partial charge is 0.294 e. The fourth-order valence-electron chi connectivity index (χ4n) is 3.57. The van der Waals surface area contributed by atoms with Crippen LogP contribution < -0.4 is 0 Å². The third-order valence-corrected chi connectivity index (χ3v) is 7.87. The highest BCUT2D eigenvalue weighted by Gasteiger charge is 2.24. The van der Waals surface area contributed by atoms with Crippen LogP contribution in [0.15, 0.2) is 93.5 Å². The van der Waals surface area contributed by atoms with Crippen molar-refractivity contribution < 1.29 is 31.6 Å². The Morgan fingerprint density at radius 2 is 1.19 bits per heavy atom. The maximum Gasteiger partial charge on any atom is 0.294 e. The summed E-state index contributed by atoms with van der Waals surface area (Å²) >= 11 is 0. The zero-order valence-electron chi connectivity index (χ0n) is 16.5. The Labute approximate surface area is 184 Å². The Morgan fingerprint density at radius 1 is 0.625 bits per heavy atom. The van der Waals surface area contributed by atoms with Gasteiger partial charge in [0.1, 0.15) is 11.5 Å².